The fourth-order valence-electron chi connectivity index (χ4n) is 2.46. The van der Waals surface area contributed by atoms with E-state index in [4.69, 9.17) is 35.4 Å². The molecule has 0 bridgehead atoms. The van der Waals surface area contributed by atoms with Gasteiger partial charge in [-0.15, -0.1) is 0 Å². The van der Waals surface area contributed by atoms with Crippen LogP contribution in [0.3, 0.4) is 0 Å². The van der Waals surface area contributed by atoms with E-state index in [0.717, 1.165) is 19.3 Å². The molecule has 0 heterocycles. The van der Waals surface area contributed by atoms with E-state index in [1.807, 2.05) is 0 Å². The lowest BCUT2D eigenvalue weighted by Gasteiger charge is -2.12. The summed E-state index contributed by atoms with van der Waals surface area (Å²) in [5.41, 5.74) is 1.60. The fraction of sp³-hybridized carbons (Fsp3) is 0.250. The molecule has 2 rings (SSSR count). The monoisotopic (exact) mass is 437 g/mol. The molecule has 148 valence electrons. The molecule has 0 saturated carbocycles. The van der Waals surface area contributed by atoms with E-state index >= 15 is 0 Å². The minimum Gasteiger partial charge on any atom is -0.332 e. The number of hydrogen-bond donors (Lipinski definition) is 3. The molecule has 3 N–H and O–H groups in total. The highest BCUT2D eigenvalue weighted by Gasteiger charge is 2.10. The average Bonchev–Trinajstić information content (AvgIpc) is 2.61. The van der Waals surface area contributed by atoms with Crippen LogP contribution in [0.1, 0.15) is 43.0 Å². The Morgan fingerprint density at radius 1 is 0.964 bits per heavy atom. The molecular formula is C20H21Cl2N3O2S. The lowest BCUT2D eigenvalue weighted by atomic mass is 10.2. The van der Waals surface area contributed by atoms with Crippen molar-refractivity contribution in [3.63, 3.8) is 0 Å². The number of benzene rings is 2. The van der Waals surface area contributed by atoms with Crippen molar-refractivity contribution in [2.24, 2.45) is 0 Å². The van der Waals surface area contributed by atoms with Gasteiger partial charge < -0.3 is 10.6 Å². The van der Waals surface area contributed by atoms with Crippen LogP contribution in [0.25, 0.3) is 0 Å². The van der Waals surface area contributed by atoms with Crippen molar-refractivity contribution in [3.05, 3.63) is 58.1 Å². The third-order valence-corrected chi connectivity index (χ3v) is 4.40. The van der Waals surface area contributed by atoms with Gasteiger partial charge in [0.15, 0.2) is 5.11 Å². The maximum absolute atomic E-state index is 12.3. The van der Waals surface area contributed by atoms with Gasteiger partial charge >= 0.3 is 0 Å². The van der Waals surface area contributed by atoms with Crippen molar-refractivity contribution >= 4 is 63.7 Å². The topological polar surface area (TPSA) is 70.2 Å². The summed E-state index contributed by atoms with van der Waals surface area (Å²) in [6, 6.07) is 11.6. The number of nitrogens with one attached hydrogen (secondary N) is 3. The van der Waals surface area contributed by atoms with E-state index in [-0.39, 0.29) is 11.0 Å². The average molecular weight is 438 g/mol. The van der Waals surface area contributed by atoms with Crippen molar-refractivity contribution < 1.29 is 9.59 Å². The predicted octanol–water partition coefficient (Wildman–Crippen LogP) is 5.64. The first-order chi connectivity index (χ1) is 13.4. The number of unbranched alkanes of at least 4 members (excludes halogenated alkanes) is 2. The highest BCUT2D eigenvalue weighted by atomic mass is 35.5. The van der Waals surface area contributed by atoms with E-state index in [1.54, 1.807) is 30.3 Å². The SMILES string of the molecule is CCCCCC(=O)Nc1cccc(NC(=S)NC(=O)c2cc(Cl)cc(Cl)c2)c1. The predicted molar refractivity (Wildman–Crippen MR) is 119 cm³/mol. The first-order valence-electron chi connectivity index (χ1n) is 8.85. The Morgan fingerprint density at radius 2 is 1.61 bits per heavy atom. The van der Waals surface area contributed by atoms with Gasteiger partial charge in [0.25, 0.3) is 5.91 Å². The zero-order valence-electron chi connectivity index (χ0n) is 15.4. The Bertz CT molecular complexity index is 854. The number of hydrogen-bond acceptors (Lipinski definition) is 3. The first kappa shape index (κ1) is 22.1. The molecule has 28 heavy (non-hydrogen) atoms. The molecule has 0 aromatic heterocycles. The molecule has 0 aliphatic carbocycles. The number of thiocarbonyl (C=S) groups is 1. The van der Waals surface area contributed by atoms with Gasteiger partial charge in [-0.05, 0) is 55.0 Å². The van der Waals surface area contributed by atoms with Gasteiger partial charge in [-0.2, -0.15) is 0 Å². The summed E-state index contributed by atoms with van der Waals surface area (Å²) in [6.07, 6.45) is 3.45. The minimum absolute atomic E-state index is 0.0284. The smallest absolute Gasteiger partial charge is 0.257 e. The zero-order chi connectivity index (χ0) is 20.5. The van der Waals surface area contributed by atoms with Crippen molar-refractivity contribution in [1.29, 1.82) is 0 Å². The maximum atomic E-state index is 12.3. The summed E-state index contributed by atoms with van der Waals surface area (Å²) in [5, 5.41) is 9.18. The zero-order valence-corrected chi connectivity index (χ0v) is 17.7. The van der Waals surface area contributed by atoms with E-state index < -0.39 is 5.91 Å². The summed E-state index contributed by atoms with van der Waals surface area (Å²) in [7, 11) is 0. The lowest BCUT2D eigenvalue weighted by molar-refractivity contribution is -0.116. The normalized spacial score (nSPS) is 10.2. The molecule has 5 nitrogen and oxygen atoms in total. The van der Waals surface area contributed by atoms with Crippen LogP contribution in [-0.4, -0.2) is 16.9 Å². The minimum atomic E-state index is -0.428. The van der Waals surface area contributed by atoms with E-state index in [9.17, 15) is 9.59 Å². The Morgan fingerprint density at radius 3 is 2.25 bits per heavy atom. The molecule has 0 aliphatic heterocycles. The van der Waals surface area contributed by atoms with Crippen LogP contribution >= 0.6 is 35.4 Å². The second-order valence-corrected chi connectivity index (χ2v) is 7.43. The van der Waals surface area contributed by atoms with Gasteiger partial charge in [0.05, 0.1) is 0 Å². The van der Waals surface area contributed by atoms with Crippen molar-refractivity contribution in [2.45, 2.75) is 32.6 Å². The Hall–Kier alpha value is -2.15. The Labute approximate surface area is 179 Å². The number of amides is 2. The molecule has 0 fully saturated rings. The van der Waals surface area contributed by atoms with Gasteiger partial charge in [-0.25, -0.2) is 0 Å². The summed E-state index contributed by atoms with van der Waals surface area (Å²) in [6.45, 7) is 2.09. The van der Waals surface area contributed by atoms with Gasteiger partial charge in [-0.3, -0.25) is 14.9 Å². The molecule has 0 atom stereocenters. The van der Waals surface area contributed by atoms with E-state index in [0.29, 0.717) is 33.4 Å². The van der Waals surface area contributed by atoms with Crippen LogP contribution in [0.2, 0.25) is 10.0 Å². The lowest BCUT2D eigenvalue weighted by Crippen LogP contribution is -2.34. The van der Waals surface area contributed by atoms with Crippen molar-refractivity contribution in [1.82, 2.24) is 5.32 Å². The highest BCUT2D eigenvalue weighted by Crippen LogP contribution is 2.19. The van der Waals surface area contributed by atoms with Crippen LogP contribution < -0.4 is 16.0 Å². The second-order valence-electron chi connectivity index (χ2n) is 6.15. The van der Waals surface area contributed by atoms with Crippen molar-refractivity contribution in [2.75, 3.05) is 10.6 Å². The number of halogens is 2. The fourth-order valence-corrected chi connectivity index (χ4v) is 3.19. The quantitative estimate of drug-likeness (QED) is 0.387. The third kappa shape index (κ3) is 7.46. The van der Waals surface area contributed by atoms with Gasteiger partial charge in [0.1, 0.15) is 0 Å². The van der Waals surface area contributed by atoms with E-state index in [2.05, 4.69) is 22.9 Å². The number of rotatable bonds is 7. The molecule has 2 amide bonds. The van der Waals surface area contributed by atoms with Crippen LogP contribution in [0.5, 0.6) is 0 Å². The summed E-state index contributed by atoms with van der Waals surface area (Å²) in [4.78, 5) is 24.2. The Balaban J connectivity index is 1.93. The van der Waals surface area contributed by atoms with Crippen LogP contribution in [0, 0.1) is 0 Å². The molecule has 0 saturated heterocycles. The molecule has 0 spiro atoms. The Kier molecular flexibility index (Phi) is 8.70. The molecule has 2 aromatic rings. The second kappa shape index (κ2) is 11.0. The van der Waals surface area contributed by atoms with Gasteiger partial charge in [0, 0.05) is 33.4 Å². The molecule has 2 aromatic carbocycles. The first-order valence-corrected chi connectivity index (χ1v) is 10.0. The third-order valence-electron chi connectivity index (χ3n) is 3.76. The summed E-state index contributed by atoms with van der Waals surface area (Å²) in [5.74, 6) is -0.457. The summed E-state index contributed by atoms with van der Waals surface area (Å²) < 4.78 is 0. The maximum Gasteiger partial charge on any atom is 0.257 e. The number of carbonyl (C=O) groups excluding carboxylic acids is 2. The molecular weight excluding hydrogens is 417 g/mol. The van der Waals surface area contributed by atoms with E-state index in [1.165, 1.54) is 12.1 Å². The highest BCUT2D eigenvalue weighted by molar-refractivity contribution is 7.80. The number of carbonyl (C=O) groups is 2. The molecule has 0 unspecified atom stereocenters. The number of anilines is 2. The van der Waals surface area contributed by atoms with Crippen LogP contribution in [0.4, 0.5) is 11.4 Å². The van der Waals surface area contributed by atoms with Crippen molar-refractivity contribution in [3.8, 4) is 0 Å². The van der Waals surface area contributed by atoms with Crippen LogP contribution in [0.15, 0.2) is 42.5 Å². The molecule has 0 radical (unpaired) electrons. The largest absolute Gasteiger partial charge is 0.332 e. The summed E-state index contributed by atoms with van der Waals surface area (Å²) >= 11 is 17.0. The molecule has 8 heteroatoms. The molecule has 0 aliphatic rings. The van der Waals surface area contributed by atoms with Gasteiger partial charge in [-0.1, -0.05) is 49.0 Å². The van der Waals surface area contributed by atoms with Gasteiger partial charge in [0.2, 0.25) is 5.91 Å². The standard InChI is InChI=1S/C20H21Cl2N3O2S/c1-2-3-4-8-18(26)23-16-6-5-7-17(12-16)24-20(28)25-19(27)13-9-14(21)11-15(22)10-13/h5-7,9-12H,2-4,8H2,1H3,(H,23,26)(H2,24,25,27,28). The van der Waals surface area contributed by atoms with Crippen LogP contribution in [-0.2, 0) is 4.79 Å².